The van der Waals surface area contributed by atoms with Gasteiger partial charge < -0.3 is 9.80 Å². The van der Waals surface area contributed by atoms with E-state index in [9.17, 15) is 0 Å². The zero-order chi connectivity index (χ0) is 16.4. The van der Waals surface area contributed by atoms with Crippen LogP contribution in [0, 0.1) is 11.7 Å². The summed E-state index contributed by atoms with van der Waals surface area (Å²) in [6.45, 7) is 7.46. The van der Waals surface area contributed by atoms with E-state index in [0.717, 1.165) is 61.2 Å². The molecule has 7 heteroatoms. The van der Waals surface area contributed by atoms with Gasteiger partial charge >= 0.3 is 0 Å². The smallest absolute Gasteiger partial charge is 0.199 e. The molecule has 5 nitrogen and oxygen atoms in total. The van der Waals surface area contributed by atoms with Crippen molar-refractivity contribution < 1.29 is 0 Å². The molecule has 0 amide bonds. The van der Waals surface area contributed by atoms with Crippen LogP contribution >= 0.6 is 23.8 Å². The SMILES string of the molecule is Cc1ccc(-n2c(CCN3CCN(C)CC3)n[nH]c2=S)cc1Cl. The minimum absolute atomic E-state index is 0.610. The molecule has 2 heterocycles. The number of hydrogen-bond donors (Lipinski definition) is 1. The Morgan fingerprint density at radius 3 is 2.70 bits per heavy atom. The first-order valence-electron chi connectivity index (χ1n) is 7.88. The highest BCUT2D eigenvalue weighted by Gasteiger charge is 2.15. The lowest BCUT2D eigenvalue weighted by atomic mass is 10.2. The monoisotopic (exact) mass is 351 g/mol. The average Bonchev–Trinajstić information content (AvgIpc) is 2.90. The molecule has 0 radical (unpaired) electrons. The first-order chi connectivity index (χ1) is 11.0. The van der Waals surface area contributed by atoms with Crippen LogP contribution in [-0.4, -0.2) is 64.3 Å². The molecule has 0 atom stereocenters. The molecule has 3 rings (SSSR count). The van der Waals surface area contributed by atoms with Gasteiger partial charge in [-0.1, -0.05) is 17.7 Å². The molecule has 124 valence electrons. The van der Waals surface area contributed by atoms with E-state index in [2.05, 4.69) is 27.0 Å². The maximum Gasteiger partial charge on any atom is 0.199 e. The number of nitrogens with zero attached hydrogens (tertiary/aromatic N) is 4. The summed E-state index contributed by atoms with van der Waals surface area (Å²) in [6.07, 6.45) is 0.863. The Hall–Kier alpha value is -1.21. The van der Waals surface area contributed by atoms with Gasteiger partial charge in [-0.25, -0.2) is 0 Å². The Morgan fingerprint density at radius 2 is 2.00 bits per heavy atom. The fourth-order valence-corrected chi connectivity index (χ4v) is 3.25. The highest BCUT2D eigenvalue weighted by molar-refractivity contribution is 7.71. The van der Waals surface area contributed by atoms with Crippen molar-refractivity contribution in [1.82, 2.24) is 24.6 Å². The lowest BCUT2D eigenvalue weighted by molar-refractivity contribution is 0.155. The molecule has 0 saturated carbocycles. The van der Waals surface area contributed by atoms with Crippen LogP contribution in [0.3, 0.4) is 0 Å². The maximum atomic E-state index is 6.26. The zero-order valence-corrected chi connectivity index (χ0v) is 15.1. The fourth-order valence-electron chi connectivity index (χ4n) is 2.81. The van der Waals surface area contributed by atoms with Gasteiger partial charge in [0.2, 0.25) is 0 Å². The van der Waals surface area contributed by atoms with Crippen LogP contribution in [0.15, 0.2) is 18.2 Å². The topological polar surface area (TPSA) is 40.1 Å². The predicted octanol–water partition coefficient (Wildman–Crippen LogP) is 2.68. The van der Waals surface area contributed by atoms with Crippen molar-refractivity contribution in [3.63, 3.8) is 0 Å². The fraction of sp³-hybridized carbons (Fsp3) is 0.500. The molecule has 1 aromatic carbocycles. The summed E-state index contributed by atoms with van der Waals surface area (Å²) >= 11 is 11.7. The lowest BCUT2D eigenvalue weighted by Gasteiger charge is -2.32. The summed E-state index contributed by atoms with van der Waals surface area (Å²) in [7, 11) is 2.17. The summed E-state index contributed by atoms with van der Waals surface area (Å²) in [5.41, 5.74) is 2.03. The maximum absolute atomic E-state index is 6.26. The molecule has 0 spiro atoms. The van der Waals surface area contributed by atoms with Gasteiger partial charge in [0.05, 0.1) is 5.69 Å². The van der Waals surface area contributed by atoms with Gasteiger partial charge in [-0.2, -0.15) is 5.10 Å². The Kier molecular flexibility index (Phi) is 5.16. The molecule has 1 aliphatic heterocycles. The Bertz CT molecular complexity index is 730. The van der Waals surface area contributed by atoms with Crippen molar-refractivity contribution in [2.75, 3.05) is 39.8 Å². The van der Waals surface area contributed by atoms with E-state index < -0.39 is 0 Å². The molecule has 2 aromatic rings. The Balaban J connectivity index is 1.76. The highest BCUT2D eigenvalue weighted by atomic mass is 35.5. The zero-order valence-electron chi connectivity index (χ0n) is 13.5. The number of benzene rings is 1. The van der Waals surface area contributed by atoms with Crippen molar-refractivity contribution in [2.24, 2.45) is 0 Å². The standard InChI is InChI=1S/C16H22ClN5S/c1-12-3-4-13(11-14(12)17)22-15(18-19-16(22)23)5-6-21-9-7-20(2)8-10-21/h3-4,11H,5-10H2,1-2H3,(H,19,23). The normalized spacial score (nSPS) is 16.8. The number of rotatable bonds is 4. The van der Waals surface area contributed by atoms with E-state index in [1.807, 2.05) is 29.7 Å². The summed E-state index contributed by atoms with van der Waals surface area (Å²) < 4.78 is 2.59. The quantitative estimate of drug-likeness (QED) is 0.860. The highest BCUT2D eigenvalue weighted by Crippen LogP contribution is 2.20. The van der Waals surface area contributed by atoms with Crippen LogP contribution in [0.25, 0.3) is 5.69 Å². The largest absolute Gasteiger partial charge is 0.304 e. The second kappa shape index (κ2) is 7.13. The first-order valence-corrected chi connectivity index (χ1v) is 8.67. The Labute approximate surface area is 146 Å². The predicted molar refractivity (Wildman–Crippen MR) is 96.1 cm³/mol. The van der Waals surface area contributed by atoms with Crippen LogP contribution in [0.2, 0.25) is 5.02 Å². The van der Waals surface area contributed by atoms with E-state index in [4.69, 9.17) is 23.8 Å². The number of aryl methyl sites for hydroxylation is 1. The summed E-state index contributed by atoms with van der Waals surface area (Å²) in [5.74, 6) is 0.953. The van der Waals surface area contributed by atoms with Gasteiger partial charge in [0.15, 0.2) is 4.77 Å². The third-order valence-corrected chi connectivity index (χ3v) is 5.08. The minimum Gasteiger partial charge on any atom is -0.304 e. The number of nitrogens with one attached hydrogen (secondary N) is 1. The third kappa shape index (κ3) is 3.83. The van der Waals surface area contributed by atoms with Crippen LogP contribution in [0.5, 0.6) is 0 Å². The van der Waals surface area contributed by atoms with E-state index in [-0.39, 0.29) is 0 Å². The molecule has 0 aliphatic carbocycles. The molecular formula is C16H22ClN5S. The van der Waals surface area contributed by atoms with Gasteiger partial charge in [-0.05, 0) is 43.9 Å². The van der Waals surface area contributed by atoms with Crippen molar-refractivity contribution >= 4 is 23.8 Å². The summed E-state index contributed by atoms with van der Waals surface area (Å²) in [4.78, 5) is 4.84. The van der Waals surface area contributed by atoms with Gasteiger partial charge in [-0.3, -0.25) is 9.67 Å². The number of aromatic amines is 1. The minimum atomic E-state index is 0.610. The number of aromatic nitrogens is 3. The Morgan fingerprint density at radius 1 is 1.26 bits per heavy atom. The number of likely N-dealkylation sites (N-methyl/N-ethyl adjacent to an activating group) is 1. The number of H-pyrrole nitrogens is 1. The van der Waals surface area contributed by atoms with Gasteiger partial charge in [0.1, 0.15) is 5.82 Å². The number of hydrogen-bond acceptors (Lipinski definition) is 4. The molecule has 1 aromatic heterocycles. The third-order valence-electron chi connectivity index (χ3n) is 4.40. The molecule has 0 bridgehead atoms. The lowest BCUT2D eigenvalue weighted by Crippen LogP contribution is -2.45. The second-order valence-electron chi connectivity index (χ2n) is 6.11. The molecule has 1 aliphatic rings. The van der Waals surface area contributed by atoms with Crippen molar-refractivity contribution in [1.29, 1.82) is 0 Å². The molecule has 1 saturated heterocycles. The van der Waals surface area contributed by atoms with Gasteiger partial charge in [-0.15, -0.1) is 0 Å². The van der Waals surface area contributed by atoms with Crippen molar-refractivity contribution in [3.05, 3.63) is 39.4 Å². The van der Waals surface area contributed by atoms with E-state index >= 15 is 0 Å². The van der Waals surface area contributed by atoms with E-state index in [1.54, 1.807) is 0 Å². The van der Waals surface area contributed by atoms with Crippen molar-refractivity contribution in [2.45, 2.75) is 13.3 Å². The molecular weight excluding hydrogens is 330 g/mol. The summed E-state index contributed by atoms with van der Waals surface area (Å²) in [6, 6.07) is 5.99. The van der Waals surface area contributed by atoms with Crippen LogP contribution < -0.4 is 0 Å². The molecule has 1 N–H and O–H groups in total. The first kappa shape index (κ1) is 16.6. The molecule has 23 heavy (non-hydrogen) atoms. The van der Waals surface area contributed by atoms with Crippen molar-refractivity contribution in [3.8, 4) is 5.69 Å². The molecule has 0 unspecified atom stereocenters. The van der Waals surface area contributed by atoms with Gasteiger partial charge in [0, 0.05) is 44.2 Å². The van der Waals surface area contributed by atoms with Crippen LogP contribution in [0.1, 0.15) is 11.4 Å². The number of halogens is 1. The molecule has 1 fully saturated rings. The van der Waals surface area contributed by atoms with E-state index in [0.29, 0.717) is 4.77 Å². The van der Waals surface area contributed by atoms with Gasteiger partial charge in [0.25, 0.3) is 0 Å². The summed E-state index contributed by atoms with van der Waals surface area (Å²) in [5, 5.41) is 8.07. The van der Waals surface area contributed by atoms with Crippen LogP contribution in [0.4, 0.5) is 0 Å². The average molecular weight is 352 g/mol. The second-order valence-corrected chi connectivity index (χ2v) is 6.90. The van der Waals surface area contributed by atoms with E-state index in [1.165, 1.54) is 0 Å². The number of piperazine rings is 1. The van der Waals surface area contributed by atoms with Crippen LogP contribution in [-0.2, 0) is 6.42 Å².